The Labute approximate surface area is 83.0 Å². The van der Waals surface area contributed by atoms with E-state index in [0.29, 0.717) is 0 Å². The van der Waals surface area contributed by atoms with Crippen molar-refractivity contribution in [3.63, 3.8) is 0 Å². The summed E-state index contributed by atoms with van der Waals surface area (Å²) < 4.78 is 0. The zero-order valence-corrected chi connectivity index (χ0v) is 7.49. The topological polar surface area (TPSA) is 106 Å². The number of aromatic hydroxyl groups is 1. The highest BCUT2D eigenvalue weighted by atomic mass is 35.5. The van der Waals surface area contributed by atoms with Crippen LogP contribution in [0.25, 0.3) is 0 Å². The summed E-state index contributed by atoms with van der Waals surface area (Å²) in [5.74, 6) is -1.75. The number of hydrogen-bond acceptors (Lipinski definition) is 4. The number of nitrogens with zero attached hydrogens (tertiary/aromatic N) is 1. The van der Waals surface area contributed by atoms with Crippen LogP contribution in [0, 0.1) is 10.1 Å². The van der Waals surface area contributed by atoms with Gasteiger partial charge in [0.2, 0.25) is 5.75 Å². The van der Waals surface area contributed by atoms with Crippen LogP contribution in [0.3, 0.4) is 0 Å². The standard InChI is InChI=1S/C7H5ClN2O4/c8-4-2-1-3(7(9)12)5(6(4)11)10(13)14/h1-2,11H,(H2,9,12). The second kappa shape index (κ2) is 3.51. The van der Waals surface area contributed by atoms with Crippen LogP contribution in [0.2, 0.25) is 5.02 Å². The zero-order chi connectivity index (χ0) is 10.9. The number of halogens is 1. The Bertz CT molecular complexity index is 418. The van der Waals surface area contributed by atoms with Crippen LogP contribution < -0.4 is 5.73 Å². The van der Waals surface area contributed by atoms with Gasteiger partial charge in [0, 0.05) is 0 Å². The largest absolute Gasteiger partial charge is 0.501 e. The number of hydrogen-bond donors (Lipinski definition) is 2. The van der Waals surface area contributed by atoms with Crippen molar-refractivity contribution in [2.75, 3.05) is 0 Å². The lowest BCUT2D eigenvalue weighted by molar-refractivity contribution is -0.386. The molecule has 3 N–H and O–H groups in total. The highest BCUT2D eigenvalue weighted by Crippen LogP contribution is 2.35. The van der Waals surface area contributed by atoms with E-state index in [9.17, 15) is 20.0 Å². The third kappa shape index (κ3) is 1.60. The molecule has 74 valence electrons. The number of carbonyl (C=O) groups excluding carboxylic acids is 1. The van der Waals surface area contributed by atoms with Gasteiger partial charge in [-0.1, -0.05) is 11.6 Å². The van der Waals surface area contributed by atoms with Crippen LogP contribution in [-0.4, -0.2) is 15.9 Å². The van der Waals surface area contributed by atoms with Crippen LogP contribution in [0.15, 0.2) is 12.1 Å². The molecule has 0 aromatic heterocycles. The summed E-state index contributed by atoms with van der Waals surface area (Å²) in [7, 11) is 0. The lowest BCUT2D eigenvalue weighted by Gasteiger charge is -2.01. The maximum absolute atomic E-state index is 10.8. The van der Waals surface area contributed by atoms with E-state index in [2.05, 4.69) is 0 Å². The maximum atomic E-state index is 10.8. The summed E-state index contributed by atoms with van der Waals surface area (Å²) in [5.41, 5.74) is 3.72. The molecule has 1 rings (SSSR count). The molecular formula is C7H5ClN2O4. The molecule has 0 aliphatic rings. The molecule has 0 unspecified atom stereocenters. The Morgan fingerprint density at radius 3 is 2.57 bits per heavy atom. The molecule has 7 heteroatoms. The minimum atomic E-state index is -0.997. The summed E-state index contributed by atoms with van der Waals surface area (Å²) in [4.78, 5) is 20.3. The molecule has 1 aromatic carbocycles. The molecule has 0 heterocycles. The number of amides is 1. The molecule has 0 spiro atoms. The van der Waals surface area contributed by atoms with Crippen LogP contribution >= 0.6 is 11.6 Å². The van der Waals surface area contributed by atoms with Crippen LogP contribution in [0.1, 0.15) is 10.4 Å². The second-order valence-corrected chi connectivity index (χ2v) is 2.82. The predicted molar refractivity (Wildman–Crippen MR) is 48.3 cm³/mol. The van der Waals surface area contributed by atoms with E-state index < -0.39 is 22.3 Å². The van der Waals surface area contributed by atoms with E-state index in [1.54, 1.807) is 0 Å². The van der Waals surface area contributed by atoms with Gasteiger partial charge in [-0.05, 0) is 12.1 Å². The summed E-state index contributed by atoms with van der Waals surface area (Å²) in [6.07, 6.45) is 0. The number of nitro groups is 1. The van der Waals surface area contributed by atoms with Crippen molar-refractivity contribution < 1.29 is 14.8 Å². The maximum Gasteiger partial charge on any atom is 0.324 e. The number of primary amides is 1. The summed E-state index contributed by atoms with van der Waals surface area (Å²) in [6.45, 7) is 0. The van der Waals surface area contributed by atoms with Crippen molar-refractivity contribution in [3.8, 4) is 5.75 Å². The van der Waals surface area contributed by atoms with Crippen LogP contribution in [0.4, 0.5) is 5.69 Å². The molecule has 6 nitrogen and oxygen atoms in total. The Kier molecular flexibility index (Phi) is 2.57. The van der Waals surface area contributed by atoms with E-state index in [1.165, 1.54) is 0 Å². The van der Waals surface area contributed by atoms with Gasteiger partial charge < -0.3 is 10.8 Å². The number of benzene rings is 1. The molecule has 0 radical (unpaired) electrons. The van der Waals surface area contributed by atoms with Crippen molar-refractivity contribution in [2.24, 2.45) is 5.73 Å². The number of phenols is 1. The first-order valence-corrected chi connectivity index (χ1v) is 3.78. The number of phenolic OH excluding ortho intramolecular Hbond substituents is 1. The Morgan fingerprint density at radius 2 is 2.14 bits per heavy atom. The third-order valence-corrected chi connectivity index (χ3v) is 1.86. The lowest BCUT2D eigenvalue weighted by atomic mass is 10.1. The van der Waals surface area contributed by atoms with Gasteiger partial charge in [0.25, 0.3) is 5.91 Å². The minimum Gasteiger partial charge on any atom is -0.501 e. The summed E-state index contributed by atoms with van der Waals surface area (Å²) in [6, 6.07) is 2.24. The Balaban J connectivity index is 3.53. The monoisotopic (exact) mass is 216 g/mol. The number of rotatable bonds is 2. The highest BCUT2D eigenvalue weighted by molar-refractivity contribution is 6.32. The van der Waals surface area contributed by atoms with Crippen molar-refractivity contribution in [1.82, 2.24) is 0 Å². The highest BCUT2D eigenvalue weighted by Gasteiger charge is 2.25. The van der Waals surface area contributed by atoms with Gasteiger partial charge >= 0.3 is 5.69 Å². The quantitative estimate of drug-likeness (QED) is 0.569. The smallest absolute Gasteiger partial charge is 0.324 e. The van der Waals surface area contributed by atoms with Gasteiger partial charge in [-0.2, -0.15) is 0 Å². The van der Waals surface area contributed by atoms with E-state index in [0.717, 1.165) is 12.1 Å². The molecule has 0 bridgehead atoms. The molecule has 0 saturated heterocycles. The molecule has 0 saturated carbocycles. The van der Waals surface area contributed by atoms with Crippen molar-refractivity contribution in [3.05, 3.63) is 32.8 Å². The van der Waals surface area contributed by atoms with Crippen LogP contribution in [-0.2, 0) is 0 Å². The molecule has 0 aliphatic heterocycles. The van der Waals surface area contributed by atoms with Gasteiger partial charge in [-0.25, -0.2) is 0 Å². The molecule has 0 aliphatic carbocycles. The van der Waals surface area contributed by atoms with Crippen molar-refractivity contribution in [2.45, 2.75) is 0 Å². The molecular weight excluding hydrogens is 212 g/mol. The summed E-state index contributed by atoms with van der Waals surface area (Å²) >= 11 is 5.43. The normalized spacial score (nSPS) is 9.79. The van der Waals surface area contributed by atoms with Gasteiger partial charge in [-0.3, -0.25) is 14.9 Å². The van der Waals surface area contributed by atoms with Gasteiger partial charge in [0.1, 0.15) is 5.56 Å². The molecule has 1 amide bonds. The lowest BCUT2D eigenvalue weighted by Crippen LogP contribution is -2.13. The molecule has 0 atom stereocenters. The fraction of sp³-hybridized carbons (Fsp3) is 0. The first-order valence-electron chi connectivity index (χ1n) is 3.40. The number of nitrogens with two attached hydrogens (primary N) is 1. The van der Waals surface area contributed by atoms with E-state index in [-0.39, 0.29) is 10.6 Å². The Morgan fingerprint density at radius 1 is 1.57 bits per heavy atom. The second-order valence-electron chi connectivity index (χ2n) is 2.41. The molecule has 14 heavy (non-hydrogen) atoms. The molecule has 1 aromatic rings. The van der Waals surface area contributed by atoms with Gasteiger partial charge in [0.15, 0.2) is 0 Å². The minimum absolute atomic E-state index is 0.207. The average molecular weight is 217 g/mol. The number of nitro benzene ring substituents is 1. The van der Waals surface area contributed by atoms with E-state index in [4.69, 9.17) is 17.3 Å². The van der Waals surface area contributed by atoms with Crippen LogP contribution in [0.5, 0.6) is 5.75 Å². The fourth-order valence-electron chi connectivity index (χ4n) is 0.939. The zero-order valence-electron chi connectivity index (χ0n) is 6.73. The SMILES string of the molecule is NC(=O)c1ccc(Cl)c(O)c1[N+](=O)[O-]. The number of carbonyl (C=O) groups is 1. The third-order valence-electron chi connectivity index (χ3n) is 1.55. The Hall–Kier alpha value is -1.82. The molecule has 0 fully saturated rings. The predicted octanol–water partition coefficient (Wildman–Crippen LogP) is 1.05. The first kappa shape index (κ1) is 10.3. The summed E-state index contributed by atoms with van der Waals surface area (Å²) in [5, 5.41) is 19.5. The van der Waals surface area contributed by atoms with Crippen molar-refractivity contribution in [1.29, 1.82) is 0 Å². The first-order chi connectivity index (χ1) is 6.45. The van der Waals surface area contributed by atoms with E-state index >= 15 is 0 Å². The van der Waals surface area contributed by atoms with E-state index in [1.807, 2.05) is 0 Å². The van der Waals surface area contributed by atoms with Gasteiger partial charge in [0.05, 0.1) is 9.95 Å². The van der Waals surface area contributed by atoms with Gasteiger partial charge in [-0.15, -0.1) is 0 Å². The van der Waals surface area contributed by atoms with Crippen molar-refractivity contribution >= 4 is 23.2 Å². The average Bonchev–Trinajstić information content (AvgIpc) is 2.08. The fourth-order valence-corrected chi connectivity index (χ4v) is 1.09.